The Labute approximate surface area is 184 Å². The van der Waals surface area contributed by atoms with E-state index in [0.29, 0.717) is 13.1 Å². The van der Waals surface area contributed by atoms with Crippen molar-refractivity contribution in [2.24, 2.45) is 11.5 Å². The number of hydrogen-bond acceptors (Lipinski definition) is 6. The number of nitrogens with one attached hydrogen (secondary N) is 2. The molecular weight excluding hydrogens is 334 g/mol. The van der Waals surface area contributed by atoms with Crippen LogP contribution in [0, 0.1) is 0 Å². The zero-order valence-corrected chi connectivity index (χ0v) is 21.5. The normalized spacial score (nSPS) is 12.3. The number of nitrogens with two attached hydrogens (primary N) is 2. The zero-order chi connectivity index (χ0) is 15.6. The predicted molar refractivity (Wildman–Crippen MR) is 88.7 cm³/mol. The fraction of sp³-hybridized carbons (Fsp3) is 1.00. The molecule has 0 aliphatic carbocycles. The molecule has 2 unspecified atom stereocenters. The molecule has 6 nitrogen and oxygen atoms in total. The first-order valence-corrected chi connectivity index (χ1v) is 12.6. The predicted octanol–water partition coefficient (Wildman–Crippen LogP) is -8.71. The summed E-state index contributed by atoms with van der Waals surface area (Å²) in [5.74, 6) is 0. The Morgan fingerprint density at radius 1 is 0.727 bits per heavy atom. The molecule has 0 spiro atoms. The maximum absolute atomic E-state index is 10.6. The van der Waals surface area contributed by atoms with Crippen molar-refractivity contribution in [3.05, 3.63) is 0 Å². The Bertz CT molecular complexity index is 169. The Hall–Kier alpha value is 2.19. The molecule has 0 aliphatic heterocycles. The zero-order valence-electron chi connectivity index (χ0n) is 15.2. The van der Waals surface area contributed by atoms with E-state index in [9.17, 15) is 9.59 Å². The van der Waals surface area contributed by atoms with Gasteiger partial charge in [-0.25, -0.2) is 0 Å². The molecular formula is C12H34N4Na2O2Si2. The standard InChI is InChI=1S/2C6H17N2OSi.2Na/c2*1-10(9)6-2-4-8-5-3-7;;/h2*8,10H,2-7H2,1H3;;/q2*-1;2*+1. The van der Waals surface area contributed by atoms with Gasteiger partial charge in [0.05, 0.1) is 0 Å². The van der Waals surface area contributed by atoms with Gasteiger partial charge in [-0.1, -0.05) is 43.3 Å². The SMILES string of the molecule is C[SiH]([O-])CCCNCCN.C[SiH]([O-])CCCNCCN.[Na+].[Na+]. The van der Waals surface area contributed by atoms with Gasteiger partial charge < -0.3 is 31.7 Å². The van der Waals surface area contributed by atoms with E-state index in [-0.39, 0.29) is 59.1 Å². The summed E-state index contributed by atoms with van der Waals surface area (Å²) in [7, 11) is -3.09. The van der Waals surface area contributed by atoms with E-state index in [4.69, 9.17) is 11.5 Å². The third-order valence-electron chi connectivity index (χ3n) is 2.57. The summed E-state index contributed by atoms with van der Waals surface area (Å²) in [6.07, 6.45) is 2.05. The van der Waals surface area contributed by atoms with Gasteiger partial charge in [0.15, 0.2) is 0 Å². The van der Waals surface area contributed by atoms with Crippen LogP contribution in [0.3, 0.4) is 0 Å². The van der Waals surface area contributed by atoms with Gasteiger partial charge in [-0.3, -0.25) is 0 Å². The van der Waals surface area contributed by atoms with Crippen LogP contribution in [0.25, 0.3) is 0 Å². The first-order chi connectivity index (χ1) is 9.54. The van der Waals surface area contributed by atoms with Crippen molar-refractivity contribution in [2.75, 3.05) is 39.3 Å². The van der Waals surface area contributed by atoms with Crippen molar-refractivity contribution in [3.63, 3.8) is 0 Å². The average molecular weight is 369 g/mol. The van der Waals surface area contributed by atoms with E-state index in [0.717, 1.165) is 51.1 Å². The minimum Gasteiger partial charge on any atom is -0.861 e. The van der Waals surface area contributed by atoms with E-state index < -0.39 is 18.1 Å². The molecule has 0 heterocycles. The molecule has 6 N–H and O–H groups in total. The van der Waals surface area contributed by atoms with Gasteiger partial charge in [0.2, 0.25) is 0 Å². The molecule has 0 aromatic carbocycles. The van der Waals surface area contributed by atoms with Crippen LogP contribution < -0.4 is 90.8 Å². The van der Waals surface area contributed by atoms with Crippen LogP contribution in [0.4, 0.5) is 0 Å². The second-order valence-electron chi connectivity index (χ2n) is 4.98. The van der Waals surface area contributed by atoms with Gasteiger partial charge in [-0.2, -0.15) is 0 Å². The molecule has 0 fully saturated rings. The molecule has 2 atom stereocenters. The first kappa shape index (κ1) is 31.9. The van der Waals surface area contributed by atoms with Crippen molar-refractivity contribution in [3.8, 4) is 0 Å². The smallest absolute Gasteiger partial charge is 0.861 e. The van der Waals surface area contributed by atoms with E-state index in [2.05, 4.69) is 10.6 Å². The largest absolute Gasteiger partial charge is 1.00 e. The van der Waals surface area contributed by atoms with E-state index in [1.807, 2.05) is 13.1 Å². The van der Waals surface area contributed by atoms with Crippen LogP contribution in [0.15, 0.2) is 0 Å². The minimum absolute atomic E-state index is 0. The van der Waals surface area contributed by atoms with Crippen LogP contribution in [0.1, 0.15) is 12.8 Å². The molecule has 0 amide bonds. The van der Waals surface area contributed by atoms with Crippen molar-refractivity contribution in [1.82, 2.24) is 10.6 Å². The molecule has 0 saturated heterocycles. The van der Waals surface area contributed by atoms with Gasteiger partial charge in [0.25, 0.3) is 0 Å². The summed E-state index contributed by atoms with van der Waals surface area (Å²) >= 11 is 0. The molecule has 0 radical (unpaired) electrons. The van der Waals surface area contributed by atoms with Crippen LogP contribution >= 0.6 is 0 Å². The second kappa shape index (κ2) is 28.0. The molecule has 0 bridgehead atoms. The van der Waals surface area contributed by atoms with Crippen LogP contribution in [-0.2, 0) is 0 Å². The summed E-state index contributed by atoms with van der Waals surface area (Å²) in [6, 6.07) is 1.80. The van der Waals surface area contributed by atoms with Gasteiger partial charge in [0, 0.05) is 26.2 Å². The minimum atomic E-state index is -1.54. The monoisotopic (exact) mass is 368 g/mol. The summed E-state index contributed by atoms with van der Waals surface area (Å²) in [4.78, 5) is 21.3. The first-order valence-electron chi connectivity index (χ1n) is 7.67. The van der Waals surface area contributed by atoms with Crippen LogP contribution in [0.5, 0.6) is 0 Å². The molecule has 10 heteroatoms. The Morgan fingerprint density at radius 3 is 1.27 bits per heavy atom. The van der Waals surface area contributed by atoms with Gasteiger partial charge in [0.1, 0.15) is 0 Å². The van der Waals surface area contributed by atoms with Crippen LogP contribution in [0.2, 0.25) is 25.2 Å². The third kappa shape index (κ3) is 38.0. The topological polar surface area (TPSA) is 122 Å². The van der Waals surface area contributed by atoms with Gasteiger partial charge in [-0.15, -0.1) is 0 Å². The van der Waals surface area contributed by atoms with Gasteiger partial charge in [-0.05, 0) is 25.9 Å². The fourth-order valence-electron chi connectivity index (χ4n) is 1.48. The molecule has 22 heavy (non-hydrogen) atoms. The van der Waals surface area contributed by atoms with Crippen molar-refractivity contribution >= 4 is 18.1 Å². The summed E-state index contributed by atoms with van der Waals surface area (Å²) in [6.45, 7) is 8.69. The Kier molecular flexibility index (Phi) is 40.6. The molecule has 0 rings (SSSR count). The Morgan fingerprint density at radius 2 is 1.05 bits per heavy atom. The maximum Gasteiger partial charge on any atom is 1.00 e. The molecule has 0 aromatic rings. The number of hydrogen-bond donors (Lipinski definition) is 4. The third-order valence-corrected chi connectivity index (χ3v) is 5.01. The molecule has 0 aromatic heterocycles. The second-order valence-corrected chi connectivity index (χ2v) is 9.38. The van der Waals surface area contributed by atoms with Crippen molar-refractivity contribution in [1.29, 1.82) is 0 Å². The van der Waals surface area contributed by atoms with E-state index >= 15 is 0 Å². The average Bonchev–Trinajstić information content (AvgIpc) is 2.38. The maximum atomic E-state index is 10.6. The molecule has 0 saturated carbocycles. The molecule has 124 valence electrons. The van der Waals surface area contributed by atoms with Gasteiger partial charge >= 0.3 is 59.1 Å². The molecule has 0 aliphatic rings. The number of rotatable bonds is 12. The summed E-state index contributed by atoms with van der Waals surface area (Å²) in [5, 5.41) is 6.30. The van der Waals surface area contributed by atoms with Crippen LogP contribution in [-0.4, -0.2) is 57.3 Å². The van der Waals surface area contributed by atoms with Crippen molar-refractivity contribution in [2.45, 2.75) is 38.0 Å². The summed E-state index contributed by atoms with van der Waals surface area (Å²) < 4.78 is 0. The van der Waals surface area contributed by atoms with E-state index in [1.54, 1.807) is 0 Å². The summed E-state index contributed by atoms with van der Waals surface area (Å²) in [5.41, 5.74) is 10.5. The van der Waals surface area contributed by atoms with E-state index in [1.165, 1.54) is 0 Å². The van der Waals surface area contributed by atoms with Crippen molar-refractivity contribution < 1.29 is 68.7 Å². The fourth-order valence-corrected chi connectivity index (χ4v) is 3.04. The quantitative estimate of drug-likeness (QED) is 0.200. The Balaban J connectivity index is -0.000000135.